The fourth-order valence-electron chi connectivity index (χ4n) is 3.53. The summed E-state index contributed by atoms with van der Waals surface area (Å²) in [4.78, 5) is 26.3. The Kier molecular flexibility index (Phi) is 5.46. The van der Waals surface area contributed by atoms with Crippen molar-refractivity contribution in [2.45, 2.75) is 6.92 Å². The van der Waals surface area contributed by atoms with Crippen LogP contribution in [0.4, 0.5) is 11.5 Å². The monoisotopic (exact) mass is 392 g/mol. The number of fused-ring (bicyclic) bond motifs is 1. The topological polar surface area (TPSA) is 67.8 Å². The summed E-state index contributed by atoms with van der Waals surface area (Å²) in [5, 5.41) is 0. The molecular formula is C22H24N4O3. The highest BCUT2D eigenvalue weighted by Gasteiger charge is 2.25. The molecule has 0 N–H and O–H groups in total. The van der Waals surface area contributed by atoms with Gasteiger partial charge in [0.15, 0.2) is 11.5 Å². The molecule has 0 amide bonds. The largest absolute Gasteiger partial charge is 0.497 e. The average Bonchev–Trinajstić information content (AvgIpc) is 2.78. The van der Waals surface area contributed by atoms with Gasteiger partial charge >= 0.3 is 5.97 Å². The van der Waals surface area contributed by atoms with Gasteiger partial charge in [0.25, 0.3) is 0 Å². The van der Waals surface area contributed by atoms with E-state index in [1.165, 1.54) is 0 Å². The molecule has 7 nitrogen and oxygen atoms in total. The summed E-state index contributed by atoms with van der Waals surface area (Å²) < 4.78 is 10.6. The lowest BCUT2D eigenvalue weighted by Crippen LogP contribution is -2.47. The second-order valence-electron chi connectivity index (χ2n) is 6.78. The zero-order valence-corrected chi connectivity index (χ0v) is 16.7. The van der Waals surface area contributed by atoms with E-state index in [2.05, 4.69) is 20.9 Å². The summed E-state index contributed by atoms with van der Waals surface area (Å²) in [6, 6.07) is 15.6. The van der Waals surface area contributed by atoms with Crippen LogP contribution in [0.5, 0.6) is 5.75 Å². The second kappa shape index (κ2) is 8.34. The minimum atomic E-state index is -0.434. The van der Waals surface area contributed by atoms with E-state index in [1.807, 2.05) is 42.5 Å². The Bertz CT molecular complexity index is 1020. The molecule has 0 radical (unpaired) electrons. The number of hydrogen-bond acceptors (Lipinski definition) is 7. The van der Waals surface area contributed by atoms with Crippen LogP contribution in [0.15, 0.2) is 48.5 Å². The van der Waals surface area contributed by atoms with Gasteiger partial charge < -0.3 is 19.3 Å². The van der Waals surface area contributed by atoms with Gasteiger partial charge in [-0.05, 0) is 31.2 Å². The quantitative estimate of drug-likeness (QED) is 0.618. The van der Waals surface area contributed by atoms with Crippen molar-refractivity contribution in [3.8, 4) is 5.75 Å². The lowest BCUT2D eigenvalue weighted by molar-refractivity contribution is 0.0520. The van der Waals surface area contributed by atoms with Gasteiger partial charge in [-0.15, -0.1) is 0 Å². The molecule has 0 saturated carbocycles. The first kappa shape index (κ1) is 19.0. The number of para-hydroxylation sites is 2. The van der Waals surface area contributed by atoms with Crippen molar-refractivity contribution in [1.82, 2.24) is 9.97 Å². The van der Waals surface area contributed by atoms with Crippen molar-refractivity contribution in [3.63, 3.8) is 0 Å². The first-order valence-electron chi connectivity index (χ1n) is 9.77. The van der Waals surface area contributed by atoms with Crippen molar-refractivity contribution >= 4 is 28.5 Å². The molecule has 2 aromatic carbocycles. The van der Waals surface area contributed by atoms with Crippen LogP contribution in [-0.2, 0) is 4.74 Å². The summed E-state index contributed by atoms with van der Waals surface area (Å²) in [5.74, 6) is 0.998. The van der Waals surface area contributed by atoms with E-state index in [-0.39, 0.29) is 5.69 Å². The van der Waals surface area contributed by atoms with Crippen molar-refractivity contribution in [1.29, 1.82) is 0 Å². The summed E-state index contributed by atoms with van der Waals surface area (Å²) in [6.07, 6.45) is 0. The SMILES string of the molecule is CCOC(=O)c1nc2ccccc2nc1N1CCN(c2cccc(OC)c2)CC1. The molecule has 1 saturated heterocycles. The van der Waals surface area contributed by atoms with Crippen molar-refractivity contribution in [3.05, 3.63) is 54.2 Å². The minimum absolute atomic E-state index is 0.278. The average molecular weight is 392 g/mol. The van der Waals surface area contributed by atoms with Gasteiger partial charge in [0.05, 0.1) is 24.8 Å². The van der Waals surface area contributed by atoms with E-state index in [4.69, 9.17) is 14.5 Å². The fraction of sp³-hybridized carbons (Fsp3) is 0.318. The highest BCUT2D eigenvalue weighted by atomic mass is 16.5. The fourth-order valence-corrected chi connectivity index (χ4v) is 3.53. The number of rotatable bonds is 5. The van der Waals surface area contributed by atoms with E-state index < -0.39 is 5.97 Å². The van der Waals surface area contributed by atoms with E-state index in [1.54, 1.807) is 14.0 Å². The molecule has 2 heterocycles. The van der Waals surface area contributed by atoms with Crippen LogP contribution in [0, 0.1) is 0 Å². The molecule has 1 aromatic heterocycles. The number of hydrogen-bond donors (Lipinski definition) is 0. The molecule has 1 aliphatic rings. The number of esters is 1. The Morgan fingerprint density at radius 1 is 0.966 bits per heavy atom. The molecule has 0 spiro atoms. The number of ether oxygens (including phenoxy) is 2. The van der Waals surface area contributed by atoms with Crippen LogP contribution in [0.1, 0.15) is 17.4 Å². The minimum Gasteiger partial charge on any atom is -0.497 e. The van der Waals surface area contributed by atoms with Crippen molar-refractivity contribution < 1.29 is 14.3 Å². The third-order valence-corrected chi connectivity index (χ3v) is 5.02. The number of methoxy groups -OCH3 is 1. The third-order valence-electron chi connectivity index (χ3n) is 5.02. The standard InChI is InChI=1S/C22H24N4O3/c1-3-29-22(27)20-21(24-19-10-5-4-9-18(19)23-20)26-13-11-25(12-14-26)16-7-6-8-17(15-16)28-2/h4-10,15H,3,11-14H2,1-2H3. The maximum atomic E-state index is 12.5. The summed E-state index contributed by atoms with van der Waals surface area (Å²) in [7, 11) is 1.67. The molecule has 150 valence electrons. The molecule has 1 fully saturated rings. The highest BCUT2D eigenvalue weighted by Crippen LogP contribution is 2.26. The zero-order chi connectivity index (χ0) is 20.2. The van der Waals surface area contributed by atoms with Crippen LogP contribution in [0.25, 0.3) is 11.0 Å². The van der Waals surface area contributed by atoms with Crippen molar-refractivity contribution in [2.24, 2.45) is 0 Å². The third kappa shape index (κ3) is 3.94. The molecule has 3 aromatic rings. The predicted octanol–water partition coefficient (Wildman–Crippen LogP) is 3.14. The maximum Gasteiger partial charge on any atom is 0.360 e. The molecule has 7 heteroatoms. The molecule has 0 aliphatic carbocycles. The van der Waals surface area contributed by atoms with E-state index in [0.717, 1.165) is 43.1 Å². The number of carbonyl (C=O) groups is 1. The van der Waals surface area contributed by atoms with Crippen LogP contribution < -0.4 is 14.5 Å². The summed E-state index contributed by atoms with van der Waals surface area (Å²) >= 11 is 0. The highest BCUT2D eigenvalue weighted by molar-refractivity contribution is 5.95. The Balaban J connectivity index is 1.60. The predicted molar refractivity (Wildman–Crippen MR) is 113 cm³/mol. The molecule has 29 heavy (non-hydrogen) atoms. The number of benzene rings is 2. The van der Waals surface area contributed by atoms with Gasteiger partial charge in [-0.1, -0.05) is 18.2 Å². The lowest BCUT2D eigenvalue weighted by atomic mass is 10.2. The molecular weight excluding hydrogens is 368 g/mol. The van der Waals surface area contributed by atoms with Crippen LogP contribution in [0.3, 0.4) is 0 Å². The van der Waals surface area contributed by atoms with Gasteiger partial charge in [-0.3, -0.25) is 0 Å². The number of anilines is 2. The van der Waals surface area contributed by atoms with E-state index in [0.29, 0.717) is 17.9 Å². The van der Waals surface area contributed by atoms with Crippen molar-refractivity contribution in [2.75, 3.05) is 49.7 Å². The van der Waals surface area contributed by atoms with Gasteiger partial charge in [0.2, 0.25) is 0 Å². The molecule has 0 unspecified atom stereocenters. The second-order valence-corrected chi connectivity index (χ2v) is 6.78. The Morgan fingerprint density at radius 3 is 2.34 bits per heavy atom. The van der Waals surface area contributed by atoms with Crippen LogP contribution >= 0.6 is 0 Å². The first-order chi connectivity index (χ1) is 14.2. The first-order valence-corrected chi connectivity index (χ1v) is 9.77. The number of piperazine rings is 1. The van der Waals surface area contributed by atoms with Gasteiger partial charge in [0, 0.05) is 37.9 Å². The smallest absolute Gasteiger partial charge is 0.360 e. The van der Waals surface area contributed by atoms with Gasteiger partial charge in [0.1, 0.15) is 5.75 Å². The van der Waals surface area contributed by atoms with E-state index in [9.17, 15) is 4.79 Å². The number of carbonyl (C=O) groups excluding carboxylic acids is 1. The molecule has 1 aliphatic heterocycles. The van der Waals surface area contributed by atoms with Gasteiger partial charge in [-0.25, -0.2) is 14.8 Å². The zero-order valence-electron chi connectivity index (χ0n) is 16.7. The molecule has 0 bridgehead atoms. The maximum absolute atomic E-state index is 12.5. The Labute approximate surface area is 169 Å². The summed E-state index contributed by atoms with van der Waals surface area (Å²) in [6.45, 7) is 5.18. The lowest BCUT2D eigenvalue weighted by Gasteiger charge is -2.37. The summed E-state index contributed by atoms with van der Waals surface area (Å²) in [5.41, 5.74) is 2.86. The molecule has 4 rings (SSSR count). The Morgan fingerprint density at radius 2 is 1.66 bits per heavy atom. The number of nitrogens with zero attached hydrogens (tertiary/aromatic N) is 4. The van der Waals surface area contributed by atoms with E-state index >= 15 is 0 Å². The molecule has 0 atom stereocenters. The normalized spacial score (nSPS) is 14.1. The van der Waals surface area contributed by atoms with Crippen LogP contribution in [0.2, 0.25) is 0 Å². The van der Waals surface area contributed by atoms with Gasteiger partial charge in [-0.2, -0.15) is 0 Å². The Hall–Kier alpha value is -3.35. The number of aromatic nitrogens is 2. The van der Waals surface area contributed by atoms with Crippen LogP contribution in [-0.4, -0.2) is 55.8 Å².